The summed E-state index contributed by atoms with van der Waals surface area (Å²) in [7, 11) is 1.54. The van der Waals surface area contributed by atoms with E-state index in [1.807, 2.05) is 11.3 Å². The highest BCUT2D eigenvalue weighted by Crippen LogP contribution is 2.34. The Hall–Kier alpha value is -0.950. The zero-order valence-electron chi connectivity index (χ0n) is 13.2. The molecule has 5 nitrogen and oxygen atoms in total. The maximum Gasteiger partial charge on any atom is 0.245 e. The summed E-state index contributed by atoms with van der Waals surface area (Å²) in [5, 5.41) is 5.11. The lowest BCUT2D eigenvalue weighted by Gasteiger charge is -2.19. The first kappa shape index (κ1) is 15.9. The lowest BCUT2D eigenvalue weighted by molar-refractivity contribution is -0.124. The number of fused-ring (bicyclic) bond motifs is 1. The van der Waals surface area contributed by atoms with Gasteiger partial charge in [0.1, 0.15) is 6.61 Å². The number of nitrogens with zero attached hydrogens (tertiary/aromatic N) is 1. The summed E-state index contributed by atoms with van der Waals surface area (Å²) in [4.78, 5) is 15.5. The number of thiophene rings is 1. The number of carbonyl (C=O) groups is 1. The van der Waals surface area contributed by atoms with Gasteiger partial charge in [-0.05, 0) is 23.9 Å². The molecule has 1 aromatic rings. The molecule has 0 spiro atoms. The van der Waals surface area contributed by atoms with Crippen LogP contribution in [0.25, 0.3) is 0 Å². The number of methoxy groups -OCH3 is 1. The van der Waals surface area contributed by atoms with E-state index in [-0.39, 0.29) is 12.5 Å². The third-order valence-electron chi connectivity index (χ3n) is 4.69. The molecule has 3 atom stereocenters. The first-order valence-corrected chi connectivity index (χ1v) is 8.68. The molecule has 6 heteroatoms. The normalized spacial score (nSPS) is 28.0. The Bertz CT molecular complexity index is 519. The number of carbonyl (C=O) groups excluding carboxylic acids is 1. The number of aryl methyl sites for hydroxylation is 1. The molecule has 1 amide bonds. The maximum absolute atomic E-state index is 11.5. The van der Waals surface area contributed by atoms with Gasteiger partial charge in [0.25, 0.3) is 0 Å². The maximum atomic E-state index is 11.5. The molecule has 0 saturated carbocycles. The Balaban J connectivity index is 1.50. The van der Waals surface area contributed by atoms with Gasteiger partial charge in [-0.2, -0.15) is 0 Å². The van der Waals surface area contributed by atoms with Crippen LogP contribution in [0.5, 0.6) is 0 Å². The zero-order chi connectivity index (χ0) is 15.5. The SMILES string of the molecule is COCC(=O)NC[C@H]1CO[C@@H]2CN(Cc3sccc3C)C[C@H]12. The lowest BCUT2D eigenvalue weighted by atomic mass is 9.93. The highest BCUT2D eigenvalue weighted by atomic mass is 32.1. The molecule has 2 aliphatic heterocycles. The fraction of sp³-hybridized carbons (Fsp3) is 0.688. The fourth-order valence-corrected chi connectivity index (χ4v) is 4.36. The van der Waals surface area contributed by atoms with Crippen molar-refractivity contribution in [1.82, 2.24) is 10.2 Å². The van der Waals surface area contributed by atoms with Crippen LogP contribution in [0, 0.1) is 18.8 Å². The molecule has 0 radical (unpaired) electrons. The van der Waals surface area contributed by atoms with Crippen LogP contribution < -0.4 is 5.32 Å². The van der Waals surface area contributed by atoms with Crippen molar-refractivity contribution in [2.75, 3.05) is 40.0 Å². The van der Waals surface area contributed by atoms with E-state index >= 15 is 0 Å². The number of hydrogen-bond donors (Lipinski definition) is 1. The molecule has 0 bridgehead atoms. The number of nitrogens with one attached hydrogen (secondary N) is 1. The van der Waals surface area contributed by atoms with Gasteiger partial charge in [0.15, 0.2) is 0 Å². The Morgan fingerprint density at radius 2 is 2.41 bits per heavy atom. The first-order valence-electron chi connectivity index (χ1n) is 7.80. The van der Waals surface area contributed by atoms with Crippen molar-refractivity contribution in [1.29, 1.82) is 0 Å². The predicted octanol–water partition coefficient (Wildman–Crippen LogP) is 1.27. The Morgan fingerprint density at radius 3 is 3.14 bits per heavy atom. The monoisotopic (exact) mass is 324 g/mol. The largest absolute Gasteiger partial charge is 0.376 e. The van der Waals surface area contributed by atoms with E-state index in [0.29, 0.717) is 24.5 Å². The van der Waals surface area contributed by atoms with Gasteiger partial charge in [0.05, 0.1) is 12.7 Å². The summed E-state index contributed by atoms with van der Waals surface area (Å²) in [6.45, 7) is 6.84. The molecular formula is C16H24N2O3S. The van der Waals surface area contributed by atoms with Crippen LogP contribution in [0.2, 0.25) is 0 Å². The molecular weight excluding hydrogens is 300 g/mol. The summed E-state index contributed by atoms with van der Waals surface area (Å²) in [6, 6.07) is 2.18. The number of hydrogen-bond acceptors (Lipinski definition) is 5. The van der Waals surface area contributed by atoms with Crippen molar-refractivity contribution < 1.29 is 14.3 Å². The molecule has 1 aromatic heterocycles. The highest BCUT2D eigenvalue weighted by Gasteiger charge is 2.43. The van der Waals surface area contributed by atoms with E-state index < -0.39 is 0 Å². The van der Waals surface area contributed by atoms with E-state index in [9.17, 15) is 4.79 Å². The van der Waals surface area contributed by atoms with E-state index in [1.165, 1.54) is 17.6 Å². The minimum atomic E-state index is -0.0463. The topological polar surface area (TPSA) is 50.8 Å². The van der Waals surface area contributed by atoms with E-state index in [0.717, 1.165) is 26.2 Å². The average Bonchev–Trinajstić information content (AvgIpc) is 3.15. The van der Waals surface area contributed by atoms with Crippen LogP contribution in [0.1, 0.15) is 10.4 Å². The van der Waals surface area contributed by atoms with Gasteiger partial charge in [-0.15, -0.1) is 11.3 Å². The second-order valence-electron chi connectivity index (χ2n) is 6.25. The molecule has 2 fully saturated rings. The molecule has 0 unspecified atom stereocenters. The number of amides is 1. The van der Waals surface area contributed by atoms with Gasteiger partial charge in [-0.25, -0.2) is 0 Å². The molecule has 3 heterocycles. The highest BCUT2D eigenvalue weighted by molar-refractivity contribution is 7.10. The molecule has 0 aliphatic carbocycles. The van der Waals surface area contributed by atoms with Crippen molar-refractivity contribution >= 4 is 17.2 Å². The number of likely N-dealkylation sites (tertiary alicyclic amines) is 1. The van der Waals surface area contributed by atoms with E-state index in [4.69, 9.17) is 9.47 Å². The van der Waals surface area contributed by atoms with Crippen molar-refractivity contribution in [3.8, 4) is 0 Å². The first-order chi connectivity index (χ1) is 10.7. The van der Waals surface area contributed by atoms with Gasteiger partial charge < -0.3 is 14.8 Å². The molecule has 22 heavy (non-hydrogen) atoms. The van der Waals surface area contributed by atoms with Gasteiger partial charge in [-0.3, -0.25) is 9.69 Å². The summed E-state index contributed by atoms with van der Waals surface area (Å²) >= 11 is 1.83. The van der Waals surface area contributed by atoms with E-state index in [2.05, 4.69) is 28.6 Å². The predicted molar refractivity (Wildman–Crippen MR) is 85.9 cm³/mol. The summed E-state index contributed by atoms with van der Waals surface area (Å²) in [5.41, 5.74) is 1.38. The number of ether oxygens (including phenoxy) is 2. The summed E-state index contributed by atoms with van der Waals surface area (Å²) < 4.78 is 10.8. The lowest BCUT2D eigenvalue weighted by Crippen LogP contribution is -2.35. The average molecular weight is 324 g/mol. The molecule has 3 rings (SSSR count). The second kappa shape index (κ2) is 7.08. The fourth-order valence-electron chi connectivity index (χ4n) is 3.42. The molecule has 1 N–H and O–H groups in total. The van der Waals surface area contributed by atoms with Crippen LogP contribution in [0.3, 0.4) is 0 Å². The minimum Gasteiger partial charge on any atom is -0.376 e. The van der Waals surface area contributed by atoms with Crippen molar-refractivity contribution in [3.63, 3.8) is 0 Å². The smallest absolute Gasteiger partial charge is 0.245 e. The third-order valence-corrected chi connectivity index (χ3v) is 5.69. The van der Waals surface area contributed by atoms with Gasteiger partial charge in [-0.1, -0.05) is 0 Å². The van der Waals surface area contributed by atoms with Crippen molar-refractivity contribution in [2.24, 2.45) is 11.8 Å². The molecule has 122 valence electrons. The standard InChI is InChI=1S/C16H24N2O3S/c1-11-3-4-22-15(11)8-18-6-13-12(9-21-14(13)7-18)5-17-16(19)10-20-2/h3-4,12-14H,5-10H2,1-2H3,(H,17,19)/t12-,13+,14+/m0/s1. The number of rotatable bonds is 6. The Labute approximate surface area is 135 Å². The summed E-state index contributed by atoms with van der Waals surface area (Å²) in [6.07, 6.45) is 0.324. The summed E-state index contributed by atoms with van der Waals surface area (Å²) in [5.74, 6) is 0.901. The second-order valence-corrected chi connectivity index (χ2v) is 7.25. The van der Waals surface area contributed by atoms with Crippen LogP contribution in [0.15, 0.2) is 11.4 Å². The molecule has 2 aliphatic rings. The van der Waals surface area contributed by atoms with Crippen LogP contribution in [-0.4, -0.2) is 56.9 Å². The Kier molecular flexibility index (Phi) is 5.13. The Morgan fingerprint density at radius 1 is 1.55 bits per heavy atom. The van der Waals surface area contributed by atoms with Crippen LogP contribution in [-0.2, 0) is 20.8 Å². The van der Waals surface area contributed by atoms with Gasteiger partial charge >= 0.3 is 0 Å². The van der Waals surface area contributed by atoms with Gasteiger partial charge in [0, 0.05) is 50.0 Å². The van der Waals surface area contributed by atoms with Gasteiger partial charge in [0.2, 0.25) is 5.91 Å². The molecule has 0 aromatic carbocycles. The van der Waals surface area contributed by atoms with Crippen molar-refractivity contribution in [3.05, 3.63) is 21.9 Å². The molecule has 2 saturated heterocycles. The third kappa shape index (κ3) is 3.51. The van der Waals surface area contributed by atoms with Crippen LogP contribution in [0.4, 0.5) is 0 Å². The minimum absolute atomic E-state index is 0.0463. The van der Waals surface area contributed by atoms with Crippen LogP contribution >= 0.6 is 11.3 Å². The quantitative estimate of drug-likeness (QED) is 0.856. The van der Waals surface area contributed by atoms with E-state index in [1.54, 1.807) is 0 Å². The van der Waals surface area contributed by atoms with Crippen molar-refractivity contribution in [2.45, 2.75) is 19.6 Å². The zero-order valence-corrected chi connectivity index (χ0v) is 14.0.